The molecule has 1 aliphatic heterocycles. The molecule has 1 amide bonds. The van der Waals surface area contributed by atoms with Gasteiger partial charge in [-0.3, -0.25) is 4.79 Å². The van der Waals surface area contributed by atoms with Gasteiger partial charge in [0.2, 0.25) is 5.91 Å². The summed E-state index contributed by atoms with van der Waals surface area (Å²) in [6, 6.07) is 0. The number of rotatable bonds is 3. The van der Waals surface area contributed by atoms with Crippen molar-refractivity contribution in [3.63, 3.8) is 0 Å². The average molecular weight is 215 g/mol. The molecule has 1 saturated heterocycles. The zero-order chi connectivity index (χ0) is 11.0. The van der Waals surface area contributed by atoms with Crippen molar-refractivity contribution in [1.82, 2.24) is 4.90 Å². The minimum Gasteiger partial charge on any atom is -0.342 e. The normalized spacial score (nSPS) is 21.8. The highest BCUT2D eigenvalue weighted by atomic mass is 32.1. The molecule has 3 heteroatoms. The third-order valence-corrected chi connectivity index (χ3v) is 3.78. The molecule has 0 radical (unpaired) electrons. The summed E-state index contributed by atoms with van der Waals surface area (Å²) >= 11 is 4.31. The van der Waals surface area contributed by atoms with Crippen molar-refractivity contribution >= 4 is 18.5 Å². The summed E-state index contributed by atoms with van der Waals surface area (Å²) in [6.45, 7) is 10.1. The molecule has 82 valence electrons. The number of amides is 1. The van der Waals surface area contributed by atoms with E-state index in [4.69, 9.17) is 0 Å². The molecule has 0 spiro atoms. The summed E-state index contributed by atoms with van der Waals surface area (Å²) in [5.41, 5.74) is -0.0220. The maximum Gasteiger partial charge on any atom is 0.228 e. The number of carbonyl (C=O) groups excluding carboxylic acids is 1. The number of carbonyl (C=O) groups is 1. The van der Waals surface area contributed by atoms with Crippen molar-refractivity contribution in [2.45, 2.75) is 34.1 Å². The summed E-state index contributed by atoms with van der Waals surface area (Å²) in [5, 5.41) is 0. The molecule has 1 aliphatic rings. The number of hydrogen-bond donors (Lipinski definition) is 1. The van der Waals surface area contributed by atoms with E-state index in [0.29, 0.717) is 5.91 Å². The molecule has 1 rings (SSSR count). The lowest BCUT2D eigenvalue weighted by atomic mass is 9.91. The van der Waals surface area contributed by atoms with Crippen LogP contribution < -0.4 is 0 Å². The summed E-state index contributed by atoms with van der Waals surface area (Å²) in [6.07, 6.45) is 0.981. The van der Waals surface area contributed by atoms with Crippen LogP contribution in [0.3, 0.4) is 0 Å². The van der Waals surface area contributed by atoms with Gasteiger partial charge in [-0.2, -0.15) is 12.6 Å². The maximum atomic E-state index is 11.9. The minimum absolute atomic E-state index is 0.124. The molecular formula is C11H21NOS. The Bertz CT molecular complexity index is 235. The molecule has 1 heterocycles. The van der Waals surface area contributed by atoms with Crippen LogP contribution in [0.15, 0.2) is 0 Å². The van der Waals surface area contributed by atoms with Crippen LogP contribution in [-0.4, -0.2) is 29.6 Å². The summed E-state index contributed by atoms with van der Waals surface area (Å²) < 4.78 is 0. The van der Waals surface area contributed by atoms with E-state index in [1.54, 1.807) is 0 Å². The smallest absolute Gasteiger partial charge is 0.228 e. The molecule has 14 heavy (non-hydrogen) atoms. The van der Waals surface area contributed by atoms with Crippen LogP contribution in [0.1, 0.15) is 34.1 Å². The highest BCUT2D eigenvalue weighted by Gasteiger charge is 2.39. The fourth-order valence-corrected chi connectivity index (χ4v) is 1.87. The van der Waals surface area contributed by atoms with E-state index in [9.17, 15) is 4.79 Å². The Balaban J connectivity index is 2.62. The van der Waals surface area contributed by atoms with Crippen LogP contribution in [-0.2, 0) is 4.79 Å². The molecule has 0 saturated carbocycles. The van der Waals surface area contributed by atoms with Crippen molar-refractivity contribution < 1.29 is 4.79 Å². The SMILES string of the molecule is CC(C)(CS)CN1CCC(C)(C)C1=O. The lowest BCUT2D eigenvalue weighted by molar-refractivity contribution is -0.135. The van der Waals surface area contributed by atoms with Gasteiger partial charge in [0.25, 0.3) is 0 Å². The largest absolute Gasteiger partial charge is 0.342 e. The van der Waals surface area contributed by atoms with Gasteiger partial charge >= 0.3 is 0 Å². The molecule has 0 bridgehead atoms. The van der Waals surface area contributed by atoms with Gasteiger partial charge in [0, 0.05) is 18.5 Å². The Kier molecular flexibility index (Phi) is 3.20. The van der Waals surface area contributed by atoms with Gasteiger partial charge in [0.1, 0.15) is 0 Å². The first-order valence-electron chi connectivity index (χ1n) is 5.19. The number of thiol groups is 1. The van der Waals surface area contributed by atoms with E-state index in [0.717, 1.165) is 25.3 Å². The molecule has 1 fully saturated rings. The van der Waals surface area contributed by atoms with E-state index in [1.807, 2.05) is 18.7 Å². The van der Waals surface area contributed by atoms with Crippen LogP contribution >= 0.6 is 12.6 Å². The van der Waals surface area contributed by atoms with E-state index in [-0.39, 0.29) is 10.8 Å². The quantitative estimate of drug-likeness (QED) is 0.716. The Morgan fingerprint density at radius 2 is 2.07 bits per heavy atom. The van der Waals surface area contributed by atoms with Gasteiger partial charge in [-0.1, -0.05) is 27.7 Å². The summed E-state index contributed by atoms with van der Waals surface area (Å²) in [7, 11) is 0. The van der Waals surface area contributed by atoms with Crippen LogP contribution in [0.5, 0.6) is 0 Å². The molecular weight excluding hydrogens is 194 g/mol. The molecule has 0 aromatic carbocycles. The second-order valence-corrected chi connectivity index (χ2v) is 6.00. The van der Waals surface area contributed by atoms with Gasteiger partial charge in [0.15, 0.2) is 0 Å². The first kappa shape index (κ1) is 11.9. The van der Waals surface area contributed by atoms with E-state index in [1.165, 1.54) is 0 Å². The highest BCUT2D eigenvalue weighted by molar-refractivity contribution is 7.80. The molecule has 0 unspecified atom stereocenters. The Morgan fingerprint density at radius 1 is 1.50 bits per heavy atom. The van der Waals surface area contributed by atoms with Crippen molar-refractivity contribution in [1.29, 1.82) is 0 Å². The maximum absolute atomic E-state index is 11.9. The number of likely N-dealkylation sites (tertiary alicyclic amines) is 1. The van der Waals surface area contributed by atoms with Crippen molar-refractivity contribution in [3.05, 3.63) is 0 Å². The van der Waals surface area contributed by atoms with E-state index >= 15 is 0 Å². The predicted octanol–water partition coefficient (Wildman–Crippen LogP) is 2.20. The van der Waals surface area contributed by atoms with Crippen molar-refractivity contribution in [2.24, 2.45) is 10.8 Å². The van der Waals surface area contributed by atoms with Gasteiger partial charge in [-0.05, 0) is 17.6 Å². The summed E-state index contributed by atoms with van der Waals surface area (Å²) in [5.74, 6) is 1.12. The Labute approximate surface area is 92.5 Å². The van der Waals surface area contributed by atoms with E-state index < -0.39 is 0 Å². The average Bonchev–Trinajstić information content (AvgIpc) is 2.32. The third-order valence-electron chi connectivity index (χ3n) is 2.92. The second-order valence-electron chi connectivity index (χ2n) is 5.68. The van der Waals surface area contributed by atoms with Crippen molar-refractivity contribution in [2.75, 3.05) is 18.8 Å². The molecule has 0 N–H and O–H groups in total. The first-order valence-corrected chi connectivity index (χ1v) is 5.82. The Morgan fingerprint density at radius 3 is 2.43 bits per heavy atom. The predicted molar refractivity (Wildman–Crippen MR) is 62.6 cm³/mol. The number of hydrogen-bond acceptors (Lipinski definition) is 2. The summed E-state index contributed by atoms with van der Waals surface area (Å²) in [4.78, 5) is 13.9. The van der Waals surface area contributed by atoms with Gasteiger partial charge in [-0.15, -0.1) is 0 Å². The topological polar surface area (TPSA) is 20.3 Å². The van der Waals surface area contributed by atoms with Gasteiger partial charge in [-0.25, -0.2) is 0 Å². The van der Waals surface area contributed by atoms with Crippen LogP contribution in [0.2, 0.25) is 0 Å². The third kappa shape index (κ3) is 2.44. The lowest BCUT2D eigenvalue weighted by Crippen LogP contribution is -2.38. The van der Waals surface area contributed by atoms with Gasteiger partial charge in [0.05, 0.1) is 0 Å². The first-order chi connectivity index (χ1) is 6.28. The number of nitrogens with zero attached hydrogens (tertiary/aromatic N) is 1. The van der Waals surface area contributed by atoms with Crippen LogP contribution in [0.4, 0.5) is 0 Å². The van der Waals surface area contributed by atoms with Crippen molar-refractivity contribution in [3.8, 4) is 0 Å². The fraction of sp³-hybridized carbons (Fsp3) is 0.909. The monoisotopic (exact) mass is 215 g/mol. The highest BCUT2D eigenvalue weighted by Crippen LogP contribution is 2.32. The molecule has 0 aromatic rings. The fourth-order valence-electron chi connectivity index (χ4n) is 1.77. The van der Waals surface area contributed by atoms with E-state index in [2.05, 4.69) is 26.5 Å². The van der Waals surface area contributed by atoms with Gasteiger partial charge < -0.3 is 4.90 Å². The van der Waals surface area contributed by atoms with Crippen LogP contribution in [0, 0.1) is 10.8 Å². The zero-order valence-corrected chi connectivity index (χ0v) is 10.5. The minimum atomic E-state index is -0.146. The Hall–Kier alpha value is -0.180. The zero-order valence-electron chi connectivity index (χ0n) is 9.63. The lowest BCUT2D eigenvalue weighted by Gasteiger charge is -2.29. The van der Waals surface area contributed by atoms with Crippen LogP contribution in [0.25, 0.3) is 0 Å². The molecule has 0 aliphatic carbocycles. The standard InChI is InChI=1S/C11H21NOS/c1-10(2,8-14)7-12-6-5-11(3,4)9(12)13/h14H,5-8H2,1-4H3. The molecule has 0 aromatic heterocycles. The molecule has 2 nitrogen and oxygen atoms in total. The second kappa shape index (κ2) is 3.76. The molecule has 0 atom stereocenters.